The first-order valence-corrected chi connectivity index (χ1v) is 10.4. The van der Waals surface area contributed by atoms with Crippen molar-refractivity contribution in [1.29, 1.82) is 0 Å². The molecular formula is C21H33N5O3. The second-order valence-electron chi connectivity index (χ2n) is 7.02. The molecule has 0 radical (unpaired) electrons. The molecule has 0 saturated heterocycles. The minimum absolute atomic E-state index is 0.000774. The monoisotopic (exact) mass is 403 g/mol. The molecule has 8 heteroatoms. The van der Waals surface area contributed by atoms with Crippen LogP contribution in [0.5, 0.6) is 5.88 Å². The summed E-state index contributed by atoms with van der Waals surface area (Å²) in [6.45, 7) is 8.16. The van der Waals surface area contributed by atoms with E-state index in [-0.39, 0.29) is 17.4 Å². The van der Waals surface area contributed by atoms with Crippen LogP contribution < -0.4 is 15.8 Å². The molecule has 0 saturated carbocycles. The average Bonchev–Trinajstić information content (AvgIpc) is 3.13. The Balaban J connectivity index is 1.92. The predicted octanol–water partition coefficient (Wildman–Crippen LogP) is 3.35. The normalized spacial score (nSPS) is 11.0. The van der Waals surface area contributed by atoms with Crippen LogP contribution in [-0.4, -0.2) is 54.2 Å². The maximum atomic E-state index is 12.7. The first-order valence-electron chi connectivity index (χ1n) is 10.4. The fourth-order valence-corrected chi connectivity index (χ4v) is 3.05. The zero-order chi connectivity index (χ0) is 21.1. The quantitative estimate of drug-likeness (QED) is 0.494. The number of hydrogen-bond acceptors (Lipinski definition) is 7. The van der Waals surface area contributed by atoms with Crippen molar-refractivity contribution in [3.63, 3.8) is 0 Å². The standard InChI is InChI=1S/C21H33N5O3/c1-4-6-12-26(13-7-5-2)14-8-11-23-21(27)18-19(25-29-20(18)22)16-9-10-17(28-3)24-15-16/h9-10,15H,4-8,11-14,22H2,1-3H3,(H,23,27). The Morgan fingerprint density at radius 3 is 2.45 bits per heavy atom. The van der Waals surface area contributed by atoms with Gasteiger partial charge in [-0.2, -0.15) is 0 Å². The van der Waals surface area contributed by atoms with Crippen LogP contribution in [0.3, 0.4) is 0 Å². The summed E-state index contributed by atoms with van der Waals surface area (Å²) in [6.07, 6.45) is 7.24. The van der Waals surface area contributed by atoms with Gasteiger partial charge in [-0.1, -0.05) is 31.8 Å². The van der Waals surface area contributed by atoms with Crippen LogP contribution in [0.1, 0.15) is 56.3 Å². The predicted molar refractivity (Wildman–Crippen MR) is 114 cm³/mol. The lowest BCUT2D eigenvalue weighted by Crippen LogP contribution is -2.31. The topological polar surface area (TPSA) is 107 Å². The molecular weight excluding hydrogens is 370 g/mol. The van der Waals surface area contributed by atoms with Gasteiger partial charge in [-0.15, -0.1) is 0 Å². The fraction of sp³-hybridized carbons (Fsp3) is 0.571. The molecule has 0 atom stereocenters. The maximum Gasteiger partial charge on any atom is 0.259 e. The number of nitrogens with zero attached hydrogens (tertiary/aromatic N) is 3. The van der Waals surface area contributed by atoms with Gasteiger partial charge >= 0.3 is 0 Å². The third-order valence-electron chi connectivity index (χ3n) is 4.76. The summed E-state index contributed by atoms with van der Waals surface area (Å²) in [5.74, 6) is 0.191. The van der Waals surface area contributed by atoms with Gasteiger partial charge in [0.15, 0.2) is 0 Å². The number of methoxy groups -OCH3 is 1. The second-order valence-corrected chi connectivity index (χ2v) is 7.02. The van der Waals surface area contributed by atoms with E-state index in [1.54, 1.807) is 25.4 Å². The van der Waals surface area contributed by atoms with Crippen molar-refractivity contribution in [2.24, 2.45) is 0 Å². The van der Waals surface area contributed by atoms with Gasteiger partial charge < -0.3 is 25.2 Å². The van der Waals surface area contributed by atoms with Crippen molar-refractivity contribution in [1.82, 2.24) is 20.4 Å². The first-order chi connectivity index (χ1) is 14.1. The first kappa shape index (κ1) is 22.7. The highest BCUT2D eigenvalue weighted by Gasteiger charge is 2.22. The number of nitrogens with one attached hydrogen (secondary N) is 1. The molecule has 0 aliphatic rings. The minimum atomic E-state index is -0.289. The molecule has 1 amide bonds. The molecule has 0 fully saturated rings. The zero-order valence-corrected chi connectivity index (χ0v) is 17.7. The third kappa shape index (κ3) is 6.74. The van der Waals surface area contributed by atoms with E-state index in [2.05, 4.69) is 34.2 Å². The molecule has 0 aliphatic carbocycles. The van der Waals surface area contributed by atoms with Gasteiger partial charge in [-0.3, -0.25) is 4.79 Å². The van der Waals surface area contributed by atoms with Gasteiger partial charge in [0.2, 0.25) is 11.8 Å². The number of ether oxygens (including phenoxy) is 1. The Bertz CT molecular complexity index is 737. The van der Waals surface area contributed by atoms with Crippen LogP contribution in [0.15, 0.2) is 22.9 Å². The highest BCUT2D eigenvalue weighted by atomic mass is 16.5. The lowest BCUT2D eigenvalue weighted by Gasteiger charge is -2.21. The van der Waals surface area contributed by atoms with E-state index in [1.165, 1.54) is 25.7 Å². The molecule has 0 bridgehead atoms. The van der Waals surface area contributed by atoms with Gasteiger partial charge in [0.25, 0.3) is 5.91 Å². The highest BCUT2D eigenvalue weighted by molar-refractivity contribution is 6.03. The Hall–Kier alpha value is -2.61. The SMILES string of the molecule is CCCCN(CCCC)CCCNC(=O)c1c(-c2ccc(OC)nc2)noc1N. The molecule has 0 spiro atoms. The van der Waals surface area contributed by atoms with E-state index in [4.69, 9.17) is 15.0 Å². The van der Waals surface area contributed by atoms with E-state index in [0.29, 0.717) is 23.7 Å². The summed E-state index contributed by atoms with van der Waals surface area (Å²) in [7, 11) is 1.54. The van der Waals surface area contributed by atoms with E-state index in [9.17, 15) is 4.79 Å². The van der Waals surface area contributed by atoms with Crippen LogP contribution in [-0.2, 0) is 0 Å². The molecule has 0 aliphatic heterocycles. The number of carbonyl (C=O) groups is 1. The van der Waals surface area contributed by atoms with Crippen LogP contribution in [0, 0.1) is 0 Å². The molecule has 0 unspecified atom stereocenters. The molecule has 29 heavy (non-hydrogen) atoms. The molecule has 160 valence electrons. The molecule has 8 nitrogen and oxygen atoms in total. The fourth-order valence-electron chi connectivity index (χ4n) is 3.05. The summed E-state index contributed by atoms with van der Waals surface area (Å²) in [4.78, 5) is 19.3. The van der Waals surface area contributed by atoms with Crippen molar-refractivity contribution in [2.75, 3.05) is 39.0 Å². The Labute approximate surface area is 172 Å². The zero-order valence-electron chi connectivity index (χ0n) is 17.7. The Morgan fingerprint density at radius 1 is 1.17 bits per heavy atom. The summed E-state index contributed by atoms with van der Waals surface area (Å²) in [5, 5.41) is 6.87. The largest absolute Gasteiger partial charge is 0.481 e. The number of nitrogen functional groups attached to an aromatic ring is 1. The van der Waals surface area contributed by atoms with Crippen molar-refractivity contribution < 1.29 is 14.1 Å². The number of pyridine rings is 1. The van der Waals surface area contributed by atoms with Gasteiger partial charge in [0, 0.05) is 24.4 Å². The number of hydrogen-bond donors (Lipinski definition) is 2. The number of unbranched alkanes of at least 4 members (excludes halogenated alkanes) is 2. The van der Waals surface area contributed by atoms with Crippen molar-refractivity contribution >= 4 is 11.8 Å². The maximum absolute atomic E-state index is 12.7. The van der Waals surface area contributed by atoms with Crippen molar-refractivity contribution in [3.05, 3.63) is 23.9 Å². The number of carbonyl (C=O) groups excluding carboxylic acids is 1. The van der Waals surface area contributed by atoms with E-state index < -0.39 is 0 Å². The highest BCUT2D eigenvalue weighted by Crippen LogP contribution is 2.27. The summed E-state index contributed by atoms with van der Waals surface area (Å²) in [6, 6.07) is 3.46. The summed E-state index contributed by atoms with van der Waals surface area (Å²) >= 11 is 0. The molecule has 3 N–H and O–H groups in total. The van der Waals surface area contributed by atoms with Crippen LogP contribution >= 0.6 is 0 Å². The van der Waals surface area contributed by atoms with Crippen LogP contribution in [0.4, 0.5) is 5.88 Å². The number of rotatable bonds is 13. The van der Waals surface area contributed by atoms with E-state index in [1.807, 2.05) is 0 Å². The molecule has 2 rings (SSSR count). The van der Waals surface area contributed by atoms with Crippen LogP contribution in [0.25, 0.3) is 11.3 Å². The summed E-state index contributed by atoms with van der Waals surface area (Å²) < 4.78 is 10.1. The van der Waals surface area contributed by atoms with Crippen molar-refractivity contribution in [2.45, 2.75) is 46.0 Å². The van der Waals surface area contributed by atoms with Crippen LogP contribution in [0.2, 0.25) is 0 Å². The number of nitrogens with two attached hydrogens (primary N) is 1. The number of amides is 1. The van der Waals surface area contributed by atoms with Crippen molar-refractivity contribution in [3.8, 4) is 17.1 Å². The van der Waals surface area contributed by atoms with E-state index >= 15 is 0 Å². The molecule has 2 heterocycles. The van der Waals surface area contributed by atoms with E-state index in [0.717, 1.165) is 26.1 Å². The lowest BCUT2D eigenvalue weighted by atomic mass is 10.1. The van der Waals surface area contributed by atoms with Gasteiger partial charge in [0.1, 0.15) is 11.3 Å². The third-order valence-corrected chi connectivity index (χ3v) is 4.76. The second kappa shape index (κ2) is 12.1. The smallest absolute Gasteiger partial charge is 0.259 e. The molecule has 0 aromatic carbocycles. The Kier molecular flexibility index (Phi) is 9.43. The molecule has 2 aromatic heterocycles. The summed E-state index contributed by atoms with van der Waals surface area (Å²) in [5.41, 5.74) is 7.11. The average molecular weight is 404 g/mol. The van der Waals surface area contributed by atoms with Gasteiger partial charge in [-0.05, 0) is 45.0 Å². The minimum Gasteiger partial charge on any atom is -0.481 e. The number of anilines is 1. The molecule has 2 aromatic rings. The Morgan fingerprint density at radius 2 is 1.86 bits per heavy atom. The van der Waals surface area contributed by atoms with Gasteiger partial charge in [0.05, 0.1) is 7.11 Å². The number of aromatic nitrogens is 2. The lowest BCUT2D eigenvalue weighted by molar-refractivity contribution is 0.0952. The van der Waals surface area contributed by atoms with Gasteiger partial charge in [-0.25, -0.2) is 4.98 Å².